The Morgan fingerprint density at radius 1 is 1.30 bits per heavy atom. The van der Waals surface area contributed by atoms with Gasteiger partial charge in [0.1, 0.15) is 5.82 Å². The van der Waals surface area contributed by atoms with Crippen molar-refractivity contribution < 1.29 is 31.8 Å². The number of carbonyl (C=O) groups excluding carboxylic acids is 1. The second kappa shape index (κ2) is 6.67. The molecule has 112 valence electrons. The fourth-order valence-electron chi connectivity index (χ4n) is 1.46. The van der Waals surface area contributed by atoms with Crippen LogP contribution in [0, 0.1) is 5.82 Å². The second-order valence-corrected chi connectivity index (χ2v) is 3.78. The lowest BCUT2D eigenvalue weighted by molar-refractivity contribution is -0.140. The van der Waals surface area contributed by atoms with Crippen LogP contribution in [0.5, 0.6) is 0 Å². The molecule has 0 spiro atoms. The van der Waals surface area contributed by atoms with Gasteiger partial charge in [-0.3, -0.25) is 4.79 Å². The monoisotopic (exact) mass is 295 g/mol. The molecule has 1 rings (SSSR count). The Morgan fingerprint density at radius 2 is 1.90 bits per heavy atom. The van der Waals surface area contributed by atoms with Gasteiger partial charge in [0.05, 0.1) is 17.7 Å². The first-order chi connectivity index (χ1) is 9.31. The molecule has 0 saturated heterocycles. The number of nitrogens with one attached hydrogen (secondary N) is 1. The maximum atomic E-state index is 13.7. The van der Waals surface area contributed by atoms with Crippen LogP contribution in [0.15, 0.2) is 18.2 Å². The van der Waals surface area contributed by atoms with Gasteiger partial charge < -0.3 is 14.8 Å². The van der Waals surface area contributed by atoms with Crippen molar-refractivity contribution >= 4 is 5.91 Å². The predicted octanol–water partition coefficient (Wildman–Crippen LogP) is 2.19. The predicted molar refractivity (Wildman–Crippen MR) is 61.5 cm³/mol. The van der Waals surface area contributed by atoms with E-state index in [-0.39, 0.29) is 6.54 Å². The highest BCUT2D eigenvalue weighted by Crippen LogP contribution is 2.32. The van der Waals surface area contributed by atoms with E-state index < -0.39 is 35.3 Å². The normalized spacial score (nSPS) is 11.8. The van der Waals surface area contributed by atoms with Crippen LogP contribution in [0.1, 0.15) is 15.9 Å². The minimum Gasteiger partial charge on any atom is -0.354 e. The van der Waals surface area contributed by atoms with E-state index in [9.17, 15) is 22.4 Å². The molecule has 0 aliphatic heterocycles. The number of hydrogen-bond acceptors (Lipinski definition) is 3. The SMILES string of the molecule is COC(CNC(=O)c1cccc(C(F)(F)F)c1F)OC. The van der Waals surface area contributed by atoms with Crippen LogP contribution in [0.25, 0.3) is 0 Å². The summed E-state index contributed by atoms with van der Waals surface area (Å²) < 4.78 is 60.7. The fourth-order valence-corrected chi connectivity index (χ4v) is 1.46. The topological polar surface area (TPSA) is 47.6 Å². The summed E-state index contributed by atoms with van der Waals surface area (Å²) >= 11 is 0. The molecular weight excluding hydrogens is 282 g/mol. The molecule has 4 nitrogen and oxygen atoms in total. The summed E-state index contributed by atoms with van der Waals surface area (Å²) in [5.74, 6) is -2.59. The number of benzene rings is 1. The number of ether oxygens (including phenoxy) is 2. The summed E-state index contributed by atoms with van der Waals surface area (Å²) in [7, 11) is 2.65. The van der Waals surface area contributed by atoms with Crippen molar-refractivity contribution in [3.8, 4) is 0 Å². The highest BCUT2D eigenvalue weighted by atomic mass is 19.4. The van der Waals surface area contributed by atoms with Gasteiger partial charge in [0.25, 0.3) is 5.91 Å². The molecule has 0 saturated carbocycles. The molecule has 0 bridgehead atoms. The average Bonchev–Trinajstić information content (AvgIpc) is 2.38. The van der Waals surface area contributed by atoms with Crippen molar-refractivity contribution in [1.29, 1.82) is 0 Å². The first kappa shape index (κ1) is 16.4. The van der Waals surface area contributed by atoms with Crippen molar-refractivity contribution in [2.75, 3.05) is 20.8 Å². The zero-order valence-electron chi connectivity index (χ0n) is 10.8. The van der Waals surface area contributed by atoms with Gasteiger partial charge in [-0.15, -0.1) is 0 Å². The minimum atomic E-state index is -4.86. The summed E-state index contributed by atoms with van der Waals surface area (Å²) in [6, 6.07) is 2.50. The van der Waals surface area contributed by atoms with E-state index in [0.29, 0.717) is 6.07 Å². The van der Waals surface area contributed by atoms with Crippen LogP contribution >= 0.6 is 0 Å². The molecule has 1 aromatic rings. The van der Waals surface area contributed by atoms with Crippen molar-refractivity contribution in [2.45, 2.75) is 12.5 Å². The largest absolute Gasteiger partial charge is 0.419 e. The van der Waals surface area contributed by atoms with E-state index in [4.69, 9.17) is 9.47 Å². The molecule has 0 unspecified atom stereocenters. The van der Waals surface area contributed by atoms with Gasteiger partial charge in [-0.2, -0.15) is 13.2 Å². The Kier molecular flexibility index (Phi) is 5.46. The van der Waals surface area contributed by atoms with Gasteiger partial charge in [-0.25, -0.2) is 4.39 Å². The Morgan fingerprint density at radius 3 is 2.40 bits per heavy atom. The first-order valence-corrected chi connectivity index (χ1v) is 5.50. The van der Waals surface area contributed by atoms with Crippen LogP contribution in [0.2, 0.25) is 0 Å². The van der Waals surface area contributed by atoms with Crippen molar-refractivity contribution in [3.05, 3.63) is 35.1 Å². The third-order valence-electron chi connectivity index (χ3n) is 2.50. The quantitative estimate of drug-likeness (QED) is 0.669. The van der Waals surface area contributed by atoms with Gasteiger partial charge in [0, 0.05) is 14.2 Å². The molecule has 8 heteroatoms. The summed E-state index contributed by atoms with van der Waals surface area (Å²) in [5.41, 5.74) is -2.18. The zero-order valence-corrected chi connectivity index (χ0v) is 10.8. The highest BCUT2D eigenvalue weighted by Gasteiger charge is 2.35. The number of amides is 1. The molecular formula is C12H13F4NO3. The maximum absolute atomic E-state index is 13.7. The van der Waals surface area contributed by atoms with Crippen LogP contribution < -0.4 is 5.32 Å². The number of rotatable bonds is 5. The van der Waals surface area contributed by atoms with Gasteiger partial charge >= 0.3 is 6.18 Å². The lowest BCUT2D eigenvalue weighted by atomic mass is 10.1. The summed E-state index contributed by atoms with van der Waals surface area (Å²) in [5, 5.41) is 2.22. The highest BCUT2D eigenvalue weighted by molar-refractivity contribution is 5.94. The van der Waals surface area contributed by atoms with Gasteiger partial charge in [0.15, 0.2) is 6.29 Å². The zero-order chi connectivity index (χ0) is 15.3. The van der Waals surface area contributed by atoms with E-state index in [1.54, 1.807) is 0 Å². The van der Waals surface area contributed by atoms with Gasteiger partial charge in [-0.05, 0) is 12.1 Å². The van der Waals surface area contributed by atoms with Gasteiger partial charge in [0.2, 0.25) is 0 Å². The molecule has 0 atom stereocenters. The van der Waals surface area contributed by atoms with Crippen LogP contribution in [0.3, 0.4) is 0 Å². The summed E-state index contributed by atoms with van der Waals surface area (Å²) in [6.07, 6.45) is -5.63. The van der Waals surface area contributed by atoms with Gasteiger partial charge in [-0.1, -0.05) is 6.07 Å². The van der Waals surface area contributed by atoms with Crippen molar-refractivity contribution in [3.63, 3.8) is 0 Å². The Bertz CT molecular complexity index is 472. The van der Waals surface area contributed by atoms with E-state index in [0.717, 1.165) is 12.1 Å². The summed E-state index contributed by atoms with van der Waals surface area (Å²) in [4.78, 5) is 11.7. The van der Waals surface area contributed by atoms with Crippen molar-refractivity contribution in [1.82, 2.24) is 5.32 Å². The molecule has 1 N–H and O–H groups in total. The maximum Gasteiger partial charge on any atom is 0.419 e. The first-order valence-electron chi connectivity index (χ1n) is 5.50. The van der Waals surface area contributed by atoms with E-state index in [2.05, 4.69) is 5.32 Å². The molecule has 20 heavy (non-hydrogen) atoms. The Balaban J connectivity index is 2.89. The molecule has 0 fully saturated rings. The molecule has 0 aliphatic rings. The average molecular weight is 295 g/mol. The van der Waals surface area contributed by atoms with Crippen LogP contribution in [-0.4, -0.2) is 33.0 Å². The van der Waals surface area contributed by atoms with E-state index in [1.807, 2.05) is 0 Å². The number of halogens is 4. The lowest BCUT2D eigenvalue weighted by Crippen LogP contribution is -2.34. The molecule has 0 aliphatic carbocycles. The lowest BCUT2D eigenvalue weighted by Gasteiger charge is -2.15. The summed E-state index contributed by atoms with van der Waals surface area (Å²) in [6.45, 7) is -0.123. The smallest absolute Gasteiger partial charge is 0.354 e. The Labute approximate surface area is 112 Å². The van der Waals surface area contributed by atoms with Crippen molar-refractivity contribution in [2.24, 2.45) is 0 Å². The minimum absolute atomic E-state index is 0.123. The van der Waals surface area contributed by atoms with E-state index >= 15 is 0 Å². The standard InChI is InChI=1S/C12H13F4NO3/c1-19-9(20-2)6-17-11(18)7-4-3-5-8(10(7)13)12(14,15)16/h3-5,9H,6H2,1-2H3,(H,17,18). The fraction of sp³-hybridized carbons (Fsp3) is 0.417. The second-order valence-electron chi connectivity index (χ2n) is 3.78. The number of carbonyl (C=O) groups is 1. The molecule has 0 heterocycles. The van der Waals surface area contributed by atoms with Crippen LogP contribution in [-0.2, 0) is 15.7 Å². The number of hydrogen-bond donors (Lipinski definition) is 1. The molecule has 0 radical (unpaired) electrons. The molecule has 0 aromatic heterocycles. The Hall–Kier alpha value is -1.67. The number of methoxy groups -OCH3 is 2. The third-order valence-corrected chi connectivity index (χ3v) is 2.50. The molecule has 1 aromatic carbocycles. The van der Waals surface area contributed by atoms with Crippen LogP contribution in [0.4, 0.5) is 17.6 Å². The number of alkyl halides is 3. The van der Waals surface area contributed by atoms with E-state index in [1.165, 1.54) is 14.2 Å². The molecule has 1 amide bonds. The third kappa shape index (κ3) is 3.91.